The topological polar surface area (TPSA) is 62.6 Å². The summed E-state index contributed by atoms with van der Waals surface area (Å²) in [5.41, 5.74) is 0.930. The lowest BCUT2D eigenvalue weighted by molar-refractivity contribution is 0.204. The third-order valence-electron chi connectivity index (χ3n) is 2.67. The molecule has 0 aliphatic carbocycles. The molecule has 1 atom stereocenters. The first-order valence-corrected chi connectivity index (χ1v) is 5.72. The van der Waals surface area contributed by atoms with E-state index in [9.17, 15) is 10.2 Å². The average molecular weight is 245 g/mol. The third kappa shape index (κ3) is 3.21. The van der Waals surface area contributed by atoms with E-state index in [1.54, 1.807) is 42.7 Å². The molecule has 1 heterocycles. The lowest BCUT2D eigenvalue weighted by atomic mass is 10.0. The molecule has 2 N–H and O–H groups in total. The fourth-order valence-electron chi connectivity index (χ4n) is 1.63. The maximum atomic E-state index is 9.37. The van der Waals surface area contributed by atoms with E-state index >= 15 is 0 Å². The quantitative estimate of drug-likeness (QED) is 0.845. The maximum absolute atomic E-state index is 9.37. The van der Waals surface area contributed by atoms with E-state index in [2.05, 4.69) is 4.98 Å². The second-order valence-electron chi connectivity index (χ2n) is 3.97. The smallest absolute Gasteiger partial charge is 0.137 e. The van der Waals surface area contributed by atoms with Crippen molar-refractivity contribution in [2.75, 3.05) is 13.2 Å². The number of nitrogens with zero attached hydrogens (tertiary/aromatic N) is 1. The van der Waals surface area contributed by atoms with E-state index in [1.165, 1.54) is 0 Å². The molecule has 0 radical (unpaired) electrons. The summed E-state index contributed by atoms with van der Waals surface area (Å²) in [4.78, 5) is 3.95. The SMILES string of the molecule is OCC(COc1cccnc1)c1ccc(O)cc1. The van der Waals surface area contributed by atoms with Crippen LogP contribution in [-0.4, -0.2) is 28.4 Å². The van der Waals surface area contributed by atoms with Gasteiger partial charge in [0.25, 0.3) is 0 Å². The van der Waals surface area contributed by atoms with Crippen molar-refractivity contribution in [1.82, 2.24) is 4.98 Å². The monoisotopic (exact) mass is 245 g/mol. The number of aliphatic hydroxyl groups excluding tert-OH is 1. The van der Waals surface area contributed by atoms with Gasteiger partial charge in [0, 0.05) is 12.1 Å². The molecule has 18 heavy (non-hydrogen) atoms. The molecule has 94 valence electrons. The molecule has 2 rings (SSSR count). The summed E-state index contributed by atoms with van der Waals surface area (Å²) in [7, 11) is 0. The van der Waals surface area contributed by atoms with Gasteiger partial charge in [0.15, 0.2) is 0 Å². The molecule has 0 saturated heterocycles. The number of aliphatic hydroxyl groups is 1. The lowest BCUT2D eigenvalue weighted by Gasteiger charge is -2.15. The van der Waals surface area contributed by atoms with Gasteiger partial charge < -0.3 is 14.9 Å². The van der Waals surface area contributed by atoms with Crippen LogP contribution in [0.25, 0.3) is 0 Å². The van der Waals surface area contributed by atoms with Gasteiger partial charge >= 0.3 is 0 Å². The molecule has 1 aromatic carbocycles. The zero-order valence-corrected chi connectivity index (χ0v) is 9.86. The summed E-state index contributed by atoms with van der Waals surface area (Å²) >= 11 is 0. The van der Waals surface area contributed by atoms with E-state index in [0.29, 0.717) is 12.4 Å². The Morgan fingerprint density at radius 1 is 1.17 bits per heavy atom. The van der Waals surface area contributed by atoms with Crippen LogP contribution in [-0.2, 0) is 0 Å². The Bertz CT molecular complexity index is 470. The predicted octanol–water partition coefficient (Wildman–Crippen LogP) is 1.94. The summed E-state index contributed by atoms with van der Waals surface area (Å²) in [5, 5.41) is 18.6. The van der Waals surface area contributed by atoms with Gasteiger partial charge in [-0.25, -0.2) is 0 Å². The molecule has 4 nitrogen and oxygen atoms in total. The van der Waals surface area contributed by atoms with Gasteiger partial charge in [-0.15, -0.1) is 0 Å². The Morgan fingerprint density at radius 2 is 1.94 bits per heavy atom. The number of phenolic OH excluding ortho intramolecular Hbond substituents is 1. The minimum Gasteiger partial charge on any atom is -0.508 e. The molecule has 1 unspecified atom stereocenters. The highest BCUT2D eigenvalue weighted by molar-refractivity contribution is 5.28. The van der Waals surface area contributed by atoms with Crippen LogP contribution in [0.4, 0.5) is 0 Å². The first kappa shape index (κ1) is 12.4. The number of hydrogen-bond donors (Lipinski definition) is 2. The molecule has 2 aromatic rings. The van der Waals surface area contributed by atoms with Crippen LogP contribution in [0.15, 0.2) is 48.8 Å². The molecule has 4 heteroatoms. The van der Waals surface area contributed by atoms with Crippen molar-refractivity contribution in [3.63, 3.8) is 0 Å². The zero-order valence-electron chi connectivity index (χ0n) is 9.86. The fraction of sp³-hybridized carbons (Fsp3) is 0.214. The van der Waals surface area contributed by atoms with Gasteiger partial charge in [0.05, 0.1) is 19.4 Å². The molecule has 0 fully saturated rings. The van der Waals surface area contributed by atoms with Crippen molar-refractivity contribution in [3.05, 3.63) is 54.4 Å². The molecule has 0 amide bonds. The summed E-state index contributed by atoms with van der Waals surface area (Å²) in [6.07, 6.45) is 3.31. The number of phenols is 1. The fourth-order valence-corrected chi connectivity index (χ4v) is 1.63. The molecular formula is C14H15NO3. The molecule has 1 aromatic heterocycles. The Labute approximate surface area is 106 Å². The van der Waals surface area contributed by atoms with Crippen molar-refractivity contribution in [2.24, 2.45) is 0 Å². The molecular weight excluding hydrogens is 230 g/mol. The molecule has 0 aliphatic rings. The second kappa shape index (κ2) is 6.02. The van der Waals surface area contributed by atoms with Gasteiger partial charge in [-0.1, -0.05) is 12.1 Å². The summed E-state index contributed by atoms with van der Waals surface area (Å²) in [6.45, 7) is 0.359. The zero-order chi connectivity index (χ0) is 12.8. The molecule has 0 spiro atoms. The predicted molar refractivity (Wildman–Crippen MR) is 67.7 cm³/mol. The minimum atomic E-state index is -0.120. The third-order valence-corrected chi connectivity index (χ3v) is 2.67. The van der Waals surface area contributed by atoms with Crippen LogP contribution in [0, 0.1) is 0 Å². The van der Waals surface area contributed by atoms with Crippen LogP contribution < -0.4 is 4.74 Å². The molecule has 0 bridgehead atoms. The van der Waals surface area contributed by atoms with Gasteiger partial charge in [0.1, 0.15) is 11.5 Å². The minimum absolute atomic E-state index is 0.00889. The summed E-state index contributed by atoms with van der Waals surface area (Å²) in [5.74, 6) is 0.768. The van der Waals surface area contributed by atoms with Crippen molar-refractivity contribution in [3.8, 4) is 11.5 Å². The highest BCUT2D eigenvalue weighted by atomic mass is 16.5. The standard InChI is InChI=1S/C14H15NO3/c16-9-12(11-3-5-13(17)6-4-11)10-18-14-2-1-7-15-8-14/h1-8,12,16-17H,9-10H2. The first-order valence-electron chi connectivity index (χ1n) is 5.72. The van der Waals surface area contributed by atoms with E-state index in [4.69, 9.17) is 4.74 Å². The highest BCUT2D eigenvalue weighted by Crippen LogP contribution is 2.20. The first-order chi connectivity index (χ1) is 8.79. The van der Waals surface area contributed by atoms with Crippen molar-refractivity contribution < 1.29 is 14.9 Å². The Morgan fingerprint density at radius 3 is 2.56 bits per heavy atom. The second-order valence-corrected chi connectivity index (χ2v) is 3.97. The van der Waals surface area contributed by atoms with E-state index in [1.807, 2.05) is 6.07 Å². The number of benzene rings is 1. The van der Waals surface area contributed by atoms with Crippen LogP contribution in [0.3, 0.4) is 0 Å². The van der Waals surface area contributed by atoms with Crippen molar-refractivity contribution in [1.29, 1.82) is 0 Å². The van der Waals surface area contributed by atoms with Crippen LogP contribution >= 0.6 is 0 Å². The van der Waals surface area contributed by atoms with Crippen molar-refractivity contribution >= 4 is 0 Å². The number of aromatic nitrogens is 1. The van der Waals surface area contributed by atoms with Crippen LogP contribution in [0.1, 0.15) is 11.5 Å². The largest absolute Gasteiger partial charge is 0.508 e. The normalized spacial score (nSPS) is 12.1. The summed E-state index contributed by atoms with van der Waals surface area (Å²) < 4.78 is 5.56. The number of hydrogen-bond acceptors (Lipinski definition) is 4. The van der Waals surface area contributed by atoms with Gasteiger partial charge in [-0.3, -0.25) is 4.98 Å². The number of ether oxygens (including phenoxy) is 1. The summed E-state index contributed by atoms with van der Waals surface area (Å²) in [6, 6.07) is 10.4. The van der Waals surface area contributed by atoms with Gasteiger partial charge in [-0.05, 0) is 29.8 Å². The Balaban J connectivity index is 1.99. The van der Waals surface area contributed by atoms with Gasteiger partial charge in [0.2, 0.25) is 0 Å². The highest BCUT2D eigenvalue weighted by Gasteiger charge is 2.11. The van der Waals surface area contributed by atoms with Crippen molar-refractivity contribution in [2.45, 2.75) is 5.92 Å². The van der Waals surface area contributed by atoms with E-state index < -0.39 is 0 Å². The van der Waals surface area contributed by atoms with E-state index in [0.717, 1.165) is 5.56 Å². The Hall–Kier alpha value is -2.07. The molecule has 0 saturated carbocycles. The number of rotatable bonds is 5. The van der Waals surface area contributed by atoms with Crippen LogP contribution in [0.5, 0.6) is 11.5 Å². The van der Waals surface area contributed by atoms with Gasteiger partial charge in [-0.2, -0.15) is 0 Å². The number of pyridine rings is 1. The average Bonchev–Trinajstić information content (AvgIpc) is 2.42. The maximum Gasteiger partial charge on any atom is 0.137 e. The lowest BCUT2D eigenvalue weighted by Crippen LogP contribution is -2.14. The van der Waals surface area contributed by atoms with Crippen LogP contribution in [0.2, 0.25) is 0 Å². The van der Waals surface area contributed by atoms with E-state index in [-0.39, 0.29) is 18.3 Å². The number of aromatic hydroxyl groups is 1. The Kier molecular flexibility index (Phi) is 4.15. The molecule has 0 aliphatic heterocycles.